The van der Waals surface area contributed by atoms with Crippen molar-refractivity contribution in [2.75, 3.05) is 5.75 Å². The lowest BCUT2D eigenvalue weighted by molar-refractivity contribution is -0.387. The number of ketones is 1. The van der Waals surface area contributed by atoms with Gasteiger partial charge >= 0.3 is 0 Å². The molecule has 0 saturated heterocycles. The Morgan fingerprint density at radius 2 is 2.05 bits per heavy atom. The number of hydrogen-bond donors (Lipinski definition) is 0. The Hall–Kier alpha value is -1.66. The summed E-state index contributed by atoms with van der Waals surface area (Å²) in [6, 6.07) is 10.4. The fourth-order valence-corrected chi connectivity index (χ4v) is 3.37. The van der Waals surface area contributed by atoms with E-state index in [1.54, 1.807) is 18.2 Å². The third-order valence-electron chi connectivity index (χ3n) is 2.66. The van der Waals surface area contributed by atoms with E-state index < -0.39 is 0 Å². The van der Waals surface area contributed by atoms with Gasteiger partial charge in [-0.2, -0.15) is 0 Å². The van der Waals surface area contributed by atoms with Crippen molar-refractivity contribution in [3.8, 4) is 0 Å². The van der Waals surface area contributed by atoms with Crippen LogP contribution in [0.15, 0.2) is 46.7 Å². The van der Waals surface area contributed by atoms with Gasteiger partial charge in [-0.25, -0.2) is 0 Å². The summed E-state index contributed by atoms with van der Waals surface area (Å²) in [7, 11) is 0. The first kappa shape index (κ1) is 14.7. The molecule has 1 aromatic carbocycles. The molecular formula is C14H13NO3S2. The van der Waals surface area contributed by atoms with Gasteiger partial charge in [0, 0.05) is 12.5 Å². The number of hydrogen-bond acceptors (Lipinski definition) is 5. The van der Waals surface area contributed by atoms with Crippen LogP contribution in [0.2, 0.25) is 0 Å². The van der Waals surface area contributed by atoms with E-state index in [-0.39, 0.29) is 16.4 Å². The molecule has 0 aliphatic heterocycles. The minimum atomic E-state index is -0.376. The van der Waals surface area contributed by atoms with E-state index in [1.165, 1.54) is 29.2 Å². The smallest absolute Gasteiger partial charge is 0.282 e. The fraction of sp³-hybridized carbons (Fsp3) is 0.214. The lowest BCUT2D eigenvalue weighted by Crippen LogP contribution is -1.97. The number of thioether (sulfide) groups is 1. The summed E-state index contributed by atoms with van der Waals surface area (Å²) in [4.78, 5) is 23.7. The van der Waals surface area contributed by atoms with Crippen LogP contribution in [0.1, 0.15) is 22.5 Å². The van der Waals surface area contributed by atoms with E-state index in [1.807, 2.05) is 17.5 Å². The van der Waals surface area contributed by atoms with E-state index in [0.29, 0.717) is 23.5 Å². The van der Waals surface area contributed by atoms with Crippen LogP contribution >= 0.6 is 23.1 Å². The van der Waals surface area contributed by atoms with Crippen LogP contribution in [0.5, 0.6) is 0 Å². The van der Waals surface area contributed by atoms with E-state index in [4.69, 9.17) is 0 Å². The third kappa shape index (κ3) is 3.91. The molecule has 0 radical (unpaired) electrons. The molecule has 0 spiro atoms. The standard InChI is InChI=1S/C14H13NO3S2/c16-12(14-8-4-10-20-14)6-3-9-19-13-7-2-1-5-11(13)15(17)18/h1-2,4-5,7-8,10H,3,6,9H2. The van der Waals surface area contributed by atoms with Crippen LogP contribution < -0.4 is 0 Å². The maximum atomic E-state index is 11.8. The van der Waals surface area contributed by atoms with Crippen LogP contribution in [0.4, 0.5) is 5.69 Å². The average molecular weight is 307 g/mol. The Morgan fingerprint density at radius 3 is 2.75 bits per heavy atom. The number of benzene rings is 1. The van der Waals surface area contributed by atoms with Crippen molar-refractivity contribution in [1.82, 2.24) is 0 Å². The number of Topliss-reactive ketones (excluding diaryl/α,β-unsaturated/α-hetero) is 1. The molecular weight excluding hydrogens is 294 g/mol. The van der Waals surface area contributed by atoms with Crippen molar-refractivity contribution >= 4 is 34.6 Å². The summed E-state index contributed by atoms with van der Waals surface area (Å²) in [6.07, 6.45) is 1.20. The molecule has 104 valence electrons. The van der Waals surface area contributed by atoms with E-state index in [2.05, 4.69) is 0 Å². The maximum absolute atomic E-state index is 11.8. The minimum absolute atomic E-state index is 0.127. The zero-order valence-corrected chi connectivity index (χ0v) is 12.3. The van der Waals surface area contributed by atoms with E-state index >= 15 is 0 Å². The highest BCUT2D eigenvalue weighted by atomic mass is 32.2. The van der Waals surface area contributed by atoms with Crippen molar-refractivity contribution in [1.29, 1.82) is 0 Å². The number of carbonyl (C=O) groups is 1. The second kappa shape index (κ2) is 7.21. The average Bonchev–Trinajstić information content (AvgIpc) is 2.98. The molecule has 0 atom stereocenters. The van der Waals surface area contributed by atoms with Gasteiger partial charge in [0.2, 0.25) is 0 Å². The molecule has 6 heteroatoms. The van der Waals surface area contributed by atoms with Crippen LogP contribution in [-0.2, 0) is 0 Å². The summed E-state index contributed by atoms with van der Waals surface area (Å²) in [5.41, 5.74) is 0.127. The van der Waals surface area contributed by atoms with Gasteiger partial charge in [0.25, 0.3) is 5.69 Å². The molecule has 0 amide bonds. The number of thiophene rings is 1. The molecule has 20 heavy (non-hydrogen) atoms. The Balaban J connectivity index is 1.82. The molecule has 2 aromatic rings. The summed E-state index contributed by atoms with van der Waals surface area (Å²) >= 11 is 2.87. The molecule has 0 aliphatic rings. The number of nitro benzene ring substituents is 1. The fourth-order valence-electron chi connectivity index (χ4n) is 1.71. The molecule has 0 fully saturated rings. The summed E-state index contributed by atoms with van der Waals surface area (Å²) in [5, 5.41) is 12.7. The number of para-hydroxylation sites is 1. The summed E-state index contributed by atoms with van der Waals surface area (Å²) < 4.78 is 0. The first-order valence-corrected chi connectivity index (χ1v) is 7.98. The Labute approximate surface area is 125 Å². The van der Waals surface area contributed by atoms with Gasteiger partial charge in [-0.1, -0.05) is 18.2 Å². The molecule has 1 aromatic heterocycles. The van der Waals surface area contributed by atoms with E-state index in [0.717, 1.165) is 4.88 Å². The lowest BCUT2D eigenvalue weighted by atomic mass is 10.2. The molecule has 0 bridgehead atoms. The first-order valence-electron chi connectivity index (χ1n) is 6.11. The molecule has 0 N–H and O–H groups in total. The molecule has 2 rings (SSSR count). The predicted molar refractivity (Wildman–Crippen MR) is 81.7 cm³/mol. The van der Waals surface area contributed by atoms with Crippen molar-refractivity contribution in [3.05, 3.63) is 56.8 Å². The van der Waals surface area contributed by atoms with Crippen molar-refractivity contribution < 1.29 is 9.72 Å². The van der Waals surface area contributed by atoms with Crippen molar-refractivity contribution in [2.45, 2.75) is 17.7 Å². The van der Waals surface area contributed by atoms with E-state index in [9.17, 15) is 14.9 Å². The monoisotopic (exact) mass is 307 g/mol. The van der Waals surface area contributed by atoms with Crippen LogP contribution in [0.3, 0.4) is 0 Å². The second-order valence-electron chi connectivity index (χ2n) is 4.08. The molecule has 0 aliphatic carbocycles. The second-order valence-corrected chi connectivity index (χ2v) is 6.16. The minimum Gasteiger partial charge on any atom is -0.293 e. The van der Waals surface area contributed by atoms with Gasteiger partial charge < -0.3 is 0 Å². The van der Waals surface area contributed by atoms with Crippen molar-refractivity contribution in [2.24, 2.45) is 0 Å². The van der Waals surface area contributed by atoms with Gasteiger partial charge in [0.05, 0.1) is 14.7 Å². The number of carbonyl (C=O) groups excluding carboxylic acids is 1. The highest BCUT2D eigenvalue weighted by Gasteiger charge is 2.13. The Bertz CT molecular complexity index is 596. The highest BCUT2D eigenvalue weighted by molar-refractivity contribution is 7.99. The quantitative estimate of drug-likeness (QED) is 0.250. The maximum Gasteiger partial charge on any atom is 0.282 e. The predicted octanol–water partition coefficient (Wildman–Crippen LogP) is 4.41. The summed E-state index contributed by atoms with van der Waals surface area (Å²) in [6.45, 7) is 0. The van der Waals surface area contributed by atoms with Crippen LogP contribution in [0, 0.1) is 10.1 Å². The lowest BCUT2D eigenvalue weighted by Gasteiger charge is -2.02. The van der Waals surface area contributed by atoms with Gasteiger partial charge in [-0.05, 0) is 29.7 Å². The zero-order valence-electron chi connectivity index (χ0n) is 10.7. The molecule has 4 nitrogen and oxygen atoms in total. The van der Waals surface area contributed by atoms with Gasteiger partial charge in [-0.3, -0.25) is 14.9 Å². The third-order valence-corrected chi connectivity index (χ3v) is 4.72. The van der Waals surface area contributed by atoms with Crippen LogP contribution in [-0.4, -0.2) is 16.5 Å². The number of nitro groups is 1. The molecule has 1 heterocycles. The highest BCUT2D eigenvalue weighted by Crippen LogP contribution is 2.29. The Kier molecular flexibility index (Phi) is 5.31. The van der Waals surface area contributed by atoms with Crippen LogP contribution in [0.25, 0.3) is 0 Å². The number of nitrogens with zero attached hydrogens (tertiary/aromatic N) is 1. The first-order chi connectivity index (χ1) is 9.68. The normalized spacial score (nSPS) is 10.4. The topological polar surface area (TPSA) is 60.2 Å². The van der Waals surface area contributed by atoms with Gasteiger partial charge in [-0.15, -0.1) is 23.1 Å². The number of rotatable bonds is 7. The van der Waals surface area contributed by atoms with Gasteiger partial charge in [0.15, 0.2) is 5.78 Å². The summed E-state index contributed by atoms with van der Waals surface area (Å²) in [5.74, 6) is 0.838. The SMILES string of the molecule is O=C(CCCSc1ccccc1[N+](=O)[O-])c1cccs1. The molecule has 0 unspecified atom stereocenters. The largest absolute Gasteiger partial charge is 0.293 e. The Morgan fingerprint density at radius 1 is 1.25 bits per heavy atom. The van der Waals surface area contributed by atoms with Crippen molar-refractivity contribution in [3.63, 3.8) is 0 Å². The zero-order chi connectivity index (χ0) is 14.4. The van der Waals surface area contributed by atoms with Gasteiger partial charge in [0.1, 0.15) is 0 Å². The molecule has 0 saturated carbocycles.